The summed E-state index contributed by atoms with van der Waals surface area (Å²) >= 11 is 6.19. The number of amides is 1. The van der Waals surface area contributed by atoms with E-state index in [4.69, 9.17) is 25.6 Å². The highest BCUT2D eigenvalue weighted by atomic mass is 35.5. The second-order valence-corrected chi connectivity index (χ2v) is 9.07. The lowest BCUT2D eigenvalue weighted by molar-refractivity contribution is -0.151. The predicted octanol–water partition coefficient (Wildman–Crippen LogP) is 5.71. The molecule has 2 heterocycles. The van der Waals surface area contributed by atoms with E-state index in [1.165, 1.54) is 6.20 Å². The molecular formula is C26H23ClN2O6. The van der Waals surface area contributed by atoms with Gasteiger partial charge in [0.2, 0.25) is 0 Å². The number of hydrogen-bond donors (Lipinski definition) is 2. The molecule has 180 valence electrons. The van der Waals surface area contributed by atoms with Gasteiger partial charge in [0.25, 0.3) is 0 Å². The number of nitrogens with zero attached hydrogens (tertiary/aromatic N) is 1. The summed E-state index contributed by atoms with van der Waals surface area (Å²) < 4.78 is 16.3. The second-order valence-electron chi connectivity index (χ2n) is 8.66. The number of carbonyl (C=O) groups is 2. The Kier molecular flexibility index (Phi) is 6.08. The average molecular weight is 495 g/mol. The molecule has 1 aromatic carbocycles. The Bertz CT molecular complexity index is 1310. The summed E-state index contributed by atoms with van der Waals surface area (Å²) in [6.07, 6.45) is 8.63. The summed E-state index contributed by atoms with van der Waals surface area (Å²) in [7, 11) is 0. The maximum atomic E-state index is 12.5. The molecule has 2 aromatic rings. The Hall–Kier alpha value is -3.62. The molecule has 5 rings (SSSR count). The molecule has 1 amide bonds. The van der Waals surface area contributed by atoms with Gasteiger partial charge in [0.05, 0.1) is 11.6 Å². The summed E-state index contributed by atoms with van der Waals surface area (Å²) in [4.78, 5) is 24.6. The van der Waals surface area contributed by atoms with Crippen LogP contribution in [0.5, 0.6) is 0 Å². The van der Waals surface area contributed by atoms with E-state index >= 15 is 0 Å². The summed E-state index contributed by atoms with van der Waals surface area (Å²) in [5.41, 5.74) is 3.39. The first-order valence-corrected chi connectivity index (χ1v) is 11.6. The van der Waals surface area contributed by atoms with Gasteiger partial charge in [0.1, 0.15) is 11.8 Å². The Balaban J connectivity index is 1.30. The number of aromatic nitrogens is 1. The topological polar surface area (TPSA) is 111 Å². The van der Waals surface area contributed by atoms with Crippen molar-refractivity contribution in [2.45, 2.75) is 25.9 Å². The number of carboxylic acid groups (broad SMARTS) is 1. The fourth-order valence-corrected chi connectivity index (χ4v) is 4.92. The van der Waals surface area contributed by atoms with Crippen molar-refractivity contribution in [3.63, 3.8) is 0 Å². The zero-order valence-electron chi connectivity index (χ0n) is 18.9. The van der Waals surface area contributed by atoms with Crippen LogP contribution in [0.1, 0.15) is 37.2 Å². The summed E-state index contributed by atoms with van der Waals surface area (Å²) in [6, 6.07) is 7.16. The molecule has 0 radical (unpaired) electrons. The molecular weight excluding hydrogens is 472 g/mol. The van der Waals surface area contributed by atoms with E-state index in [9.17, 15) is 14.7 Å². The van der Waals surface area contributed by atoms with Crippen molar-refractivity contribution >= 4 is 34.9 Å². The first kappa shape index (κ1) is 23.1. The van der Waals surface area contributed by atoms with E-state index < -0.39 is 23.6 Å². The number of rotatable bonds is 6. The van der Waals surface area contributed by atoms with Crippen LogP contribution in [0.3, 0.4) is 0 Å². The van der Waals surface area contributed by atoms with Crippen LogP contribution in [0.25, 0.3) is 5.57 Å². The molecule has 0 bridgehead atoms. The van der Waals surface area contributed by atoms with Crippen molar-refractivity contribution in [2.75, 3.05) is 18.5 Å². The highest BCUT2D eigenvalue weighted by molar-refractivity contribution is 6.31. The number of carboxylic acids is 1. The number of fused-ring (bicyclic) bond motifs is 1. The lowest BCUT2D eigenvalue weighted by Crippen LogP contribution is -2.38. The minimum absolute atomic E-state index is 0.362. The van der Waals surface area contributed by atoms with Crippen LogP contribution in [-0.4, -0.2) is 35.5 Å². The van der Waals surface area contributed by atoms with Crippen molar-refractivity contribution < 1.29 is 28.7 Å². The predicted molar refractivity (Wildman–Crippen MR) is 129 cm³/mol. The Morgan fingerprint density at radius 2 is 1.83 bits per heavy atom. The minimum Gasteiger partial charge on any atom is -0.481 e. The quantitative estimate of drug-likeness (QED) is 0.529. The number of halogens is 1. The van der Waals surface area contributed by atoms with Crippen LogP contribution in [0.2, 0.25) is 5.02 Å². The Morgan fingerprint density at radius 1 is 1.11 bits per heavy atom. The van der Waals surface area contributed by atoms with Gasteiger partial charge in [-0.05, 0) is 66.9 Å². The molecule has 2 aliphatic carbocycles. The summed E-state index contributed by atoms with van der Waals surface area (Å²) in [5.74, 6) is -0.455. The smallest absolute Gasteiger partial charge is 0.412 e. The molecule has 1 unspecified atom stereocenters. The monoisotopic (exact) mass is 494 g/mol. The highest BCUT2D eigenvalue weighted by Gasteiger charge is 2.44. The maximum absolute atomic E-state index is 12.5. The number of hydrogen-bond acceptors (Lipinski definition) is 6. The fraction of sp³-hybridized carbons (Fsp3) is 0.269. The van der Waals surface area contributed by atoms with Gasteiger partial charge >= 0.3 is 12.1 Å². The average Bonchev–Trinajstić information content (AvgIpc) is 3.54. The summed E-state index contributed by atoms with van der Waals surface area (Å²) in [6.45, 7) is 2.58. The molecule has 9 heteroatoms. The third kappa shape index (κ3) is 4.31. The molecule has 0 saturated carbocycles. The molecule has 3 aliphatic rings. The van der Waals surface area contributed by atoms with Gasteiger partial charge in [-0.25, -0.2) is 4.79 Å². The molecule has 1 saturated heterocycles. The molecule has 2 N–H and O–H groups in total. The lowest BCUT2D eigenvalue weighted by Gasteiger charge is -2.33. The van der Waals surface area contributed by atoms with Crippen LogP contribution in [0.15, 0.2) is 76.0 Å². The zero-order chi connectivity index (χ0) is 24.6. The van der Waals surface area contributed by atoms with Gasteiger partial charge < -0.3 is 19.1 Å². The second kappa shape index (κ2) is 9.20. The SMILES string of the molecule is CC(OC(=O)Nc1cnoc1C1=CC2=CC(C3(C(=O)O)CCOCC3)=CC2=C1)c1ccccc1Cl. The summed E-state index contributed by atoms with van der Waals surface area (Å²) in [5, 5.41) is 17.0. The van der Waals surface area contributed by atoms with Gasteiger partial charge in [-0.2, -0.15) is 0 Å². The van der Waals surface area contributed by atoms with Gasteiger partial charge in [-0.1, -0.05) is 35.0 Å². The van der Waals surface area contributed by atoms with Gasteiger partial charge in [0.15, 0.2) is 5.76 Å². The maximum Gasteiger partial charge on any atom is 0.412 e. The van der Waals surface area contributed by atoms with Crippen molar-refractivity contribution in [1.82, 2.24) is 5.16 Å². The van der Waals surface area contributed by atoms with Crippen LogP contribution < -0.4 is 5.32 Å². The molecule has 8 nitrogen and oxygen atoms in total. The lowest BCUT2D eigenvalue weighted by atomic mass is 9.74. The number of nitrogens with one attached hydrogen (secondary N) is 1. The standard InChI is InChI=1S/C26H23ClN2O6/c1-15(20-4-2-3-5-21(20)27)34-25(32)29-22-14-28-35-23(22)18-10-16-12-19(13-17(16)11-18)26(24(30)31)6-8-33-9-7-26/h2-5,10-15H,6-9H2,1H3,(H,29,32)(H,30,31). The van der Waals surface area contributed by atoms with Gasteiger partial charge in [0, 0.05) is 29.4 Å². The van der Waals surface area contributed by atoms with E-state index in [0.29, 0.717) is 53.7 Å². The number of aliphatic carboxylic acids is 1. The molecule has 1 atom stereocenters. The van der Waals surface area contributed by atoms with Crippen LogP contribution in [0, 0.1) is 5.41 Å². The van der Waals surface area contributed by atoms with Crippen molar-refractivity contribution in [1.29, 1.82) is 0 Å². The fourth-order valence-electron chi connectivity index (χ4n) is 4.63. The first-order valence-electron chi connectivity index (χ1n) is 11.2. The molecule has 0 spiro atoms. The van der Waals surface area contributed by atoms with E-state index in [2.05, 4.69) is 10.5 Å². The third-order valence-corrected chi connectivity index (χ3v) is 6.93. The van der Waals surface area contributed by atoms with Gasteiger partial charge in [-0.3, -0.25) is 10.1 Å². The Morgan fingerprint density at radius 3 is 2.54 bits per heavy atom. The van der Waals surface area contributed by atoms with Crippen molar-refractivity contribution in [3.8, 4) is 0 Å². The van der Waals surface area contributed by atoms with E-state index in [1.807, 2.05) is 30.4 Å². The largest absolute Gasteiger partial charge is 0.481 e. The number of ether oxygens (including phenoxy) is 2. The highest BCUT2D eigenvalue weighted by Crippen LogP contribution is 2.46. The van der Waals surface area contributed by atoms with E-state index in [1.54, 1.807) is 25.1 Å². The van der Waals surface area contributed by atoms with Crippen LogP contribution in [0.4, 0.5) is 10.5 Å². The molecule has 35 heavy (non-hydrogen) atoms. The number of carbonyl (C=O) groups excluding carboxylic acids is 1. The molecule has 1 aromatic heterocycles. The van der Waals surface area contributed by atoms with Crippen LogP contribution >= 0.6 is 11.6 Å². The third-order valence-electron chi connectivity index (χ3n) is 6.58. The first-order chi connectivity index (χ1) is 16.9. The van der Waals surface area contributed by atoms with Crippen molar-refractivity contribution in [2.24, 2.45) is 5.41 Å². The number of allylic oxidation sites excluding steroid dienone is 7. The minimum atomic E-state index is -0.939. The van der Waals surface area contributed by atoms with Crippen LogP contribution in [-0.2, 0) is 14.3 Å². The molecule has 1 fully saturated rings. The Labute approximate surface area is 206 Å². The molecule has 1 aliphatic heterocycles. The van der Waals surface area contributed by atoms with E-state index in [-0.39, 0.29) is 0 Å². The number of anilines is 1. The number of benzene rings is 1. The van der Waals surface area contributed by atoms with Gasteiger partial charge in [-0.15, -0.1) is 0 Å². The normalized spacial score (nSPS) is 19.1. The van der Waals surface area contributed by atoms with E-state index in [0.717, 1.165) is 16.7 Å². The zero-order valence-corrected chi connectivity index (χ0v) is 19.7. The van der Waals surface area contributed by atoms with Crippen molar-refractivity contribution in [3.05, 3.63) is 87.8 Å².